The fourth-order valence-corrected chi connectivity index (χ4v) is 3.66. The molecular formula is C21H18FN3O4. The smallest absolute Gasteiger partial charge is 0.255 e. The molecule has 1 fully saturated rings. The van der Waals surface area contributed by atoms with Crippen molar-refractivity contribution in [2.24, 2.45) is 0 Å². The molecule has 8 heteroatoms. The van der Waals surface area contributed by atoms with Gasteiger partial charge in [0.15, 0.2) is 0 Å². The summed E-state index contributed by atoms with van der Waals surface area (Å²) < 4.78 is 15.0. The Morgan fingerprint density at radius 2 is 1.90 bits per heavy atom. The molecule has 2 aromatic carbocycles. The number of carbonyl (C=O) groups excluding carboxylic acids is 4. The highest BCUT2D eigenvalue weighted by Gasteiger charge is 2.40. The van der Waals surface area contributed by atoms with Crippen LogP contribution in [0.2, 0.25) is 0 Å². The number of imide groups is 1. The molecule has 0 aliphatic carbocycles. The van der Waals surface area contributed by atoms with E-state index in [-0.39, 0.29) is 54.4 Å². The average molecular weight is 395 g/mol. The number of hydrogen-bond acceptors (Lipinski definition) is 4. The zero-order chi connectivity index (χ0) is 20.5. The molecule has 0 bridgehead atoms. The van der Waals surface area contributed by atoms with Crippen LogP contribution < -0.4 is 10.6 Å². The lowest BCUT2D eigenvalue weighted by Crippen LogP contribution is -2.52. The van der Waals surface area contributed by atoms with Gasteiger partial charge in [-0.15, -0.1) is 0 Å². The summed E-state index contributed by atoms with van der Waals surface area (Å²) >= 11 is 0. The van der Waals surface area contributed by atoms with E-state index in [9.17, 15) is 19.2 Å². The second-order valence-electron chi connectivity index (χ2n) is 7.01. The zero-order valence-electron chi connectivity index (χ0n) is 15.4. The van der Waals surface area contributed by atoms with Crippen molar-refractivity contribution in [2.75, 3.05) is 0 Å². The first kappa shape index (κ1) is 18.8. The summed E-state index contributed by atoms with van der Waals surface area (Å²) in [5.41, 5.74) is 1.12. The molecule has 4 amide bonds. The van der Waals surface area contributed by atoms with Crippen LogP contribution in [0.3, 0.4) is 0 Å². The number of halogens is 1. The minimum absolute atomic E-state index is 0.0283. The van der Waals surface area contributed by atoms with Gasteiger partial charge in [-0.05, 0) is 24.6 Å². The zero-order valence-corrected chi connectivity index (χ0v) is 15.4. The first-order valence-corrected chi connectivity index (χ1v) is 9.24. The van der Waals surface area contributed by atoms with Crippen LogP contribution in [0.4, 0.5) is 4.39 Å². The molecular weight excluding hydrogens is 377 g/mol. The molecule has 0 spiro atoms. The van der Waals surface area contributed by atoms with E-state index in [0.717, 1.165) is 0 Å². The highest BCUT2D eigenvalue weighted by molar-refractivity contribution is 6.05. The van der Waals surface area contributed by atoms with Crippen molar-refractivity contribution >= 4 is 23.6 Å². The number of nitrogens with one attached hydrogen (secondary N) is 2. The van der Waals surface area contributed by atoms with Crippen LogP contribution in [-0.4, -0.2) is 34.6 Å². The van der Waals surface area contributed by atoms with Gasteiger partial charge in [-0.1, -0.05) is 24.3 Å². The van der Waals surface area contributed by atoms with Gasteiger partial charge in [0, 0.05) is 35.2 Å². The Morgan fingerprint density at radius 3 is 2.62 bits per heavy atom. The fraction of sp³-hybridized carbons (Fsp3) is 0.238. The van der Waals surface area contributed by atoms with E-state index in [2.05, 4.69) is 10.6 Å². The Labute approximate surface area is 165 Å². The molecule has 0 saturated carbocycles. The second kappa shape index (κ2) is 7.46. The average Bonchev–Trinajstić information content (AvgIpc) is 3.05. The fourth-order valence-electron chi connectivity index (χ4n) is 3.66. The molecule has 2 aliphatic rings. The lowest BCUT2D eigenvalue weighted by Gasteiger charge is -2.29. The van der Waals surface area contributed by atoms with Gasteiger partial charge in [0.2, 0.25) is 11.8 Å². The summed E-state index contributed by atoms with van der Waals surface area (Å²) in [6.45, 7) is -0.0772. The highest BCUT2D eigenvalue weighted by Crippen LogP contribution is 2.30. The van der Waals surface area contributed by atoms with E-state index >= 15 is 4.39 Å². The van der Waals surface area contributed by atoms with E-state index in [1.54, 1.807) is 30.3 Å². The van der Waals surface area contributed by atoms with E-state index in [1.807, 2.05) is 0 Å². The maximum atomic E-state index is 15.0. The van der Waals surface area contributed by atoms with E-state index in [4.69, 9.17) is 0 Å². The van der Waals surface area contributed by atoms with Crippen molar-refractivity contribution in [2.45, 2.75) is 32.0 Å². The summed E-state index contributed by atoms with van der Waals surface area (Å²) in [6, 6.07) is 10.8. The molecule has 7 nitrogen and oxygen atoms in total. The Balaban J connectivity index is 1.50. The summed E-state index contributed by atoms with van der Waals surface area (Å²) in [7, 11) is 0. The van der Waals surface area contributed by atoms with Gasteiger partial charge < -0.3 is 10.2 Å². The SMILES string of the molecule is O=C1CCC(N2Cc3c(ccc(CNC(=O)c4ccccc4)c3F)C2=O)C(=O)N1. The minimum Gasteiger partial charge on any atom is -0.348 e. The molecule has 4 rings (SSSR count). The predicted octanol–water partition coefficient (Wildman–Crippen LogP) is 1.52. The second-order valence-corrected chi connectivity index (χ2v) is 7.01. The number of hydrogen-bond donors (Lipinski definition) is 2. The number of amides is 4. The number of piperidine rings is 1. The molecule has 2 aromatic rings. The summed E-state index contributed by atoms with van der Waals surface area (Å²) in [5.74, 6) is -2.25. The lowest BCUT2D eigenvalue weighted by atomic mass is 10.0. The van der Waals surface area contributed by atoms with Crippen molar-refractivity contribution in [3.05, 3.63) is 70.5 Å². The molecule has 148 valence electrons. The molecule has 29 heavy (non-hydrogen) atoms. The number of fused-ring (bicyclic) bond motifs is 1. The highest BCUT2D eigenvalue weighted by atomic mass is 19.1. The van der Waals surface area contributed by atoms with Crippen LogP contribution in [0.15, 0.2) is 42.5 Å². The van der Waals surface area contributed by atoms with Gasteiger partial charge in [0.25, 0.3) is 11.8 Å². The van der Waals surface area contributed by atoms with Crippen molar-refractivity contribution < 1.29 is 23.6 Å². The molecule has 2 N–H and O–H groups in total. The van der Waals surface area contributed by atoms with E-state index in [1.165, 1.54) is 17.0 Å². The monoisotopic (exact) mass is 395 g/mol. The third kappa shape index (κ3) is 3.49. The summed E-state index contributed by atoms with van der Waals surface area (Å²) in [5, 5.41) is 4.88. The van der Waals surface area contributed by atoms with Crippen molar-refractivity contribution in [1.29, 1.82) is 0 Å². The number of rotatable bonds is 4. The van der Waals surface area contributed by atoms with Crippen molar-refractivity contribution in [3.8, 4) is 0 Å². The van der Waals surface area contributed by atoms with Crippen LogP contribution in [0.25, 0.3) is 0 Å². The number of carbonyl (C=O) groups is 4. The summed E-state index contributed by atoms with van der Waals surface area (Å²) in [4.78, 5) is 49.5. The number of benzene rings is 2. The van der Waals surface area contributed by atoms with Gasteiger partial charge in [0.1, 0.15) is 11.9 Å². The molecule has 1 saturated heterocycles. The molecule has 1 unspecified atom stereocenters. The first-order chi connectivity index (χ1) is 14.0. The Bertz CT molecular complexity index is 1020. The van der Waals surface area contributed by atoms with Crippen molar-refractivity contribution in [3.63, 3.8) is 0 Å². The largest absolute Gasteiger partial charge is 0.348 e. The van der Waals surface area contributed by atoms with Gasteiger partial charge in [-0.25, -0.2) is 4.39 Å². The van der Waals surface area contributed by atoms with E-state index in [0.29, 0.717) is 5.56 Å². The molecule has 0 aromatic heterocycles. The molecule has 1 atom stereocenters. The van der Waals surface area contributed by atoms with Crippen LogP contribution in [0, 0.1) is 5.82 Å². The standard InChI is InChI=1S/C21H18FN3O4/c22-18-13(10-23-19(27)12-4-2-1-3-5-12)6-7-14-15(18)11-25(21(14)29)16-8-9-17(26)24-20(16)28/h1-7,16H,8-11H2,(H,23,27)(H,24,26,28). The van der Waals surface area contributed by atoms with Gasteiger partial charge in [-0.3, -0.25) is 24.5 Å². The third-order valence-corrected chi connectivity index (χ3v) is 5.20. The predicted molar refractivity (Wildman–Crippen MR) is 100 cm³/mol. The quantitative estimate of drug-likeness (QED) is 0.768. The maximum Gasteiger partial charge on any atom is 0.255 e. The molecule has 0 radical (unpaired) electrons. The van der Waals surface area contributed by atoms with Crippen LogP contribution in [0.5, 0.6) is 0 Å². The van der Waals surface area contributed by atoms with Gasteiger partial charge in [-0.2, -0.15) is 0 Å². The topological polar surface area (TPSA) is 95.6 Å². The first-order valence-electron chi connectivity index (χ1n) is 9.24. The minimum atomic E-state index is -0.798. The maximum absolute atomic E-state index is 15.0. The Kier molecular flexibility index (Phi) is 4.84. The third-order valence-electron chi connectivity index (χ3n) is 5.20. The van der Waals surface area contributed by atoms with Gasteiger partial charge >= 0.3 is 0 Å². The molecule has 2 aliphatic heterocycles. The van der Waals surface area contributed by atoms with E-state index < -0.39 is 23.7 Å². The van der Waals surface area contributed by atoms with Crippen LogP contribution in [0.1, 0.15) is 44.7 Å². The van der Waals surface area contributed by atoms with Gasteiger partial charge in [0.05, 0.1) is 6.54 Å². The van der Waals surface area contributed by atoms with Crippen LogP contribution in [-0.2, 0) is 22.7 Å². The van der Waals surface area contributed by atoms with Crippen molar-refractivity contribution in [1.82, 2.24) is 15.5 Å². The Hall–Kier alpha value is -3.55. The Morgan fingerprint density at radius 1 is 1.14 bits per heavy atom. The number of nitrogens with zero attached hydrogens (tertiary/aromatic N) is 1. The normalized spacial score (nSPS) is 18.4. The summed E-state index contributed by atoms with van der Waals surface area (Å²) in [6.07, 6.45) is 0.349. The molecule has 2 heterocycles. The van der Waals surface area contributed by atoms with Crippen LogP contribution >= 0.6 is 0 Å². The lowest BCUT2D eigenvalue weighted by molar-refractivity contribution is -0.136.